The molecule has 0 radical (unpaired) electrons. The van der Waals surface area contributed by atoms with E-state index in [1.807, 2.05) is 18.5 Å². The van der Waals surface area contributed by atoms with Crippen molar-refractivity contribution in [1.82, 2.24) is 30.4 Å². The molecule has 1 aliphatic heterocycles. The van der Waals surface area contributed by atoms with Crippen LogP contribution in [0.2, 0.25) is 0 Å². The highest BCUT2D eigenvalue weighted by molar-refractivity contribution is 7.09. The number of nitrogens with zero attached hydrogens (tertiary/aromatic N) is 5. The summed E-state index contributed by atoms with van der Waals surface area (Å²) in [4.78, 5) is 8.09. The number of alkyl halides is 3. The fraction of sp³-hybridized carbons (Fsp3) is 0.625. The predicted molar refractivity (Wildman–Crippen MR) is 97.8 cm³/mol. The van der Waals surface area contributed by atoms with Gasteiger partial charge in [-0.1, -0.05) is 0 Å². The fourth-order valence-electron chi connectivity index (χ4n) is 2.61. The Morgan fingerprint density at radius 2 is 2.21 bits per heavy atom. The van der Waals surface area contributed by atoms with Crippen LogP contribution in [-0.2, 0) is 31.1 Å². The molecule has 2 aromatic rings. The lowest BCUT2D eigenvalue weighted by molar-refractivity contribution is -0.140. The van der Waals surface area contributed by atoms with Gasteiger partial charge in [-0.2, -0.15) is 13.2 Å². The number of ether oxygens (including phenoxy) is 1. The van der Waals surface area contributed by atoms with Gasteiger partial charge in [-0.3, -0.25) is 0 Å². The van der Waals surface area contributed by atoms with Gasteiger partial charge in [-0.15, -0.1) is 21.5 Å². The van der Waals surface area contributed by atoms with Gasteiger partial charge >= 0.3 is 6.18 Å². The maximum Gasteiger partial charge on any atom is 0.434 e. The molecule has 1 fully saturated rings. The third-order valence-corrected chi connectivity index (χ3v) is 5.18. The predicted octanol–water partition coefficient (Wildman–Crippen LogP) is 2.01. The fourth-order valence-corrected chi connectivity index (χ4v) is 3.35. The van der Waals surface area contributed by atoms with E-state index in [4.69, 9.17) is 4.74 Å². The van der Waals surface area contributed by atoms with Gasteiger partial charge < -0.3 is 19.9 Å². The van der Waals surface area contributed by atoms with Gasteiger partial charge in [-0.05, 0) is 19.8 Å². The number of rotatable bonds is 6. The van der Waals surface area contributed by atoms with Crippen molar-refractivity contribution >= 4 is 17.3 Å². The van der Waals surface area contributed by atoms with Crippen LogP contribution >= 0.6 is 11.3 Å². The first-order valence-electron chi connectivity index (χ1n) is 8.83. The topological polar surface area (TPSA) is 89.2 Å². The molecule has 1 saturated heterocycles. The van der Waals surface area contributed by atoms with Gasteiger partial charge in [0.15, 0.2) is 17.5 Å². The molecule has 3 rings (SSSR count). The van der Waals surface area contributed by atoms with Gasteiger partial charge in [-0.25, -0.2) is 9.98 Å². The molecule has 0 amide bonds. The molecule has 0 spiro atoms. The van der Waals surface area contributed by atoms with Crippen LogP contribution in [0.3, 0.4) is 0 Å². The Balaban J connectivity index is 1.63. The molecule has 2 aromatic heterocycles. The van der Waals surface area contributed by atoms with E-state index in [9.17, 15) is 13.2 Å². The summed E-state index contributed by atoms with van der Waals surface area (Å²) in [5.74, 6) is 1.92. The SMILES string of the molecule is Cc1nnc(CN=C(NCc2nc(C(F)(F)F)cs2)NCC2CCCO2)n1C. The van der Waals surface area contributed by atoms with Crippen LogP contribution in [0, 0.1) is 6.92 Å². The molecular formula is C16H22F3N7OS. The van der Waals surface area contributed by atoms with Gasteiger partial charge in [0.1, 0.15) is 17.4 Å². The maximum absolute atomic E-state index is 12.7. The van der Waals surface area contributed by atoms with E-state index in [0.29, 0.717) is 23.3 Å². The van der Waals surface area contributed by atoms with E-state index >= 15 is 0 Å². The van der Waals surface area contributed by atoms with Crippen LogP contribution in [0.1, 0.15) is 35.2 Å². The van der Waals surface area contributed by atoms with E-state index < -0.39 is 11.9 Å². The maximum atomic E-state index is 12.7. The van der Waals surface area contributed by atoms with Crippen molar-refractivity contribution in [2.45, 2.75) is 45.1 Å². The zero-order valence-electron chi connectivity index (χ0n) is 15.6. The monoisotopic (exact) mass is 417 g/mol. The Labute approximate surface area is 164 Å². The zero-order valence-corrected chi connectivity index (χ0v) is 16.4. The van der Waals surface area contributed by atoms with Crippen molar-refractivity contribution in [3.63, 3.8) is 0 Å². The number of aromatic nitrogens is 4. The molecule has 0 saturated carbocycles. The van der Waals surface area contributed by atoms with E-state index in [0.717, 1.165) is 42.0 Å². The first-order chi connectivity index (χ1) is 13.3. The summed E-state index contributed by atoms with van der Waals surface area (Å²) in [6.45, 7) is 3.56. The summed E-state index contributed by atoms with van der Waals surface area (Å²) in [7, 11) is 1.85. The summed E-state index contributed by atoms with van der Waals surface area (Å²) in [5.41, 5.74) is -0.880. The van der Waals surface area contributed by atoms with Gasteiger partial charge in [0, 0.05) is 25.6 Å². The number of guanidine groups is 1. The largest absolute Gasteiger partial charge is 0.434 e. The second-order valence-corrected chi connectivity index (χ2v) is 7.32. The lowest BCUT2D eigenvalue weighted by Crippen LogP contribution is -2.40. The average Bonchev–Trinajstić information content (AvgIpc) is 3.38. The molecule has 8 nitrogen and oxygen atoms in total. The van der Waals surface area contributed by atoms with Crippen molar-refractivity contribution in [3.8, 4) is 0 Å². The van der Waals surface area contributed by atoms with E-state index in [-0.39, 0.29) is 19.2 Å². The zero-order chi connectivity index (χ0) is 20.1. The minimum atomic E-state index is -4.44. The van der Waals surface area contributed by atoms with E-state index in [1.54, 1.807) is 0 Å². The van der Waals surface area contributed by atoms with Crippen molar-refractivity contribution in [1.29, 1.82) is 0 Å². The molecule has 0 aromatic carbocycles. The quantitative estimate of drug-likeness (QED) is 0.552. The van der Waals surface area contributed by atoms with E-state index in [1.165, 1.54) is 0 Å². The summed E-state index contributed by atoms with van der Waals surface area (Å²) in [5, 5.41) is 15.6. The smallest absolute Gasteiger partial charge is 0.376 e. The lowest BCUT2D eigenvalue weighted by Gasteiger charge is -2.15. The van der Waals surface area contributed by atoms with Gasteiger partial charge in [0.25, 0.3) is 0 Å². The van der Waals surface area contributed by atoms with Crippen molar-refractivity contribution in [2.75, 3.05) is 13.2 Å². The lowest BCUT2D eigenvalue weighted by atomic mass is 10.2. The summed E-state index contributed by atoms with van der Waals surface area (Å²) < 4.78 is 45.5. The number of thiazole rings is 1. The highest BCUT2D eigenvalue weighted by Gasteiger charge is 2.33. The summed E-state index contributed by atoms with van der Waals surface area (Å²) in [6, 6.07) is 0. The highest BCUT2D eigenvalue weighted by Crippen LogP contribution is 2.29. The Kier molecular flexibility index (Phi) is 6.50. The molecule has 1 atom stereocenters. The van der Waals surface area contributed by atoms with Crippen LogP contribution in [-0.4, -0.2) is 45.0 Å². The van der Waals surface area contributed by atoms with Crippen LogP contribution in [0.5, 0.6) is 0 Å². The average molecular weight is 417 g/mol. The molecule has 0 bridgehead atoms. The molecule has 1 unspecified atom stereocenters. The van der Waals surface area contributed by atoms with Crippen molar-refractivity contribution < 1.29 is 17.9 Å². The second kappa shape index (κ2) is 8.86. The first-order valence-corrected chi connectivity index (χ1v) is 9.71. The van der Waals surface area contributed by atoms with Crippen molar-refractivity contribution in [2.24, 2.45) is 12.0 Å². The molecular weight excluding hydrogens is 395 g/mol. The number of nitrogens with one attached hydrogen (secondary N) is 2. The first kappa shape index (κ1) is 20.5. The molecule has 12 heteroatoms. The van der Waals surface area contributed by atoms with Crippen LogP contribution in [0.4, 0.5) is 13.2 Å². The second-order valence-electron chi connectivity index (χ2n) is 6.38. The minimum Gasteiger partial charge on any atom is -0.376 e. The Morgan fingerprint density at radius 3 is 2.82 bits per heavy atom. The Hall–Kier alpha value is -2.21. The third-order valence-electron chi connectivity index (χ3n) is 4.33. The van der Waals surface area contributed by atoms with Crippen LogP contribution in [0.15, 0.2) is 10.4 Å². The molecule has 154 valence electrons. The molecule has 2 N–H and O–H groups in total. The number of halogens is 3. The van der Waals surface area contributed by atoms with Crippen LogP contribution < -0.4 is 10.6 Å². The number of hydrogen-bond donors (Lipinski definition) is 2. The summed E-state index contributed by atoms with van der Waals surface area (Å²) in [6.07, 6.45) is -2.36. The minimum absolute atomic E-state index is 0.0979. The number of aryl methyl sites for hydroxylation is 1. The Bertz CT molecular complexity index is 812. The third kappa shape index (κ3) is 5.41. The standard InChI is InChI=1S/C16H22F3N7OS/c1-10-24-25-13(26(10)2)7-21-15(20-6-11-4-3-5-27-11)22-8-14-23-12(9-28-14)16(17,18)19/h9,11H,3-8H2,1-2H3,(H2,20,21,22). The molecule has 28 heavy (non-hydrogen) atoms. The van der Waals surface area contributed by atoms with Crippen LogP contribution in [0.25, 0.3) is 0 Å². The molecule has 1 aliphatic rings. The van der Waals surface area contributed by atoms with Gasteiger partial charge in [0.05, 0.1) is 12.6 Å². The Morgan fingerprint density at radius 1 is 1.39 bits per heavy atom. The van der Waals surface area contributed by atoms with Crippen molar-refractivity contribution in [3.05, 3.63) is 27.7 Å². The highest BCUT2D eigenvalue weighted by atomic mass is 32.1. The summed E-state index contributed by atoms with van der Waals surface area (Å²) >= 11 is 0.955. The number of aliphatic imine (C=N–C) groups is 1. The number of hydrogen-bond acceptors (Lipinski definition) is 6. The molecule has 0 aliphatic carbocycles. The molecule has 3 heterocycles. The van der Waals surface area contributed by atoms with Gasteiger partial charge in [0.2, 0.25) is 0 Å². The van der Waals surface area contributed by atoms with E-state index in [2.05, 4.69) is 30.8 Å². The normalized spacial score (nSPS) is 17.9.